The number of aromatic amines is 1. The number of aliphatic hydroxyl groups is 10. The van der Waals surface area contributed by atoms with Crippen molar-refractivity contribution in [2.24, 2.45) is 0 Å². The molecule has 4 heterocycles. The molecule has 0 radical (unpaired) electrons. The molecule has 3 aromatic heterocycles. The van der Waals surface area contributed by atoms with Gasteiger partial charge in [-0.05, 0) is 38.5 Å². The lowest BCUT2D eigenvalue weighted by atomic mass is 10.00. The molecule has 5 rings (SSSR count). The van der Waals surface area contributed by atoms with Crippen LogP contribution in [-0.4, -0.2) is 216 Å². The van der Waals surface area contributed by atoms with Crippen molar-refractivity contribution in [3.05, 3.63) is 41.9 Å². The number of alkyl halides is 6. The van der Waals surface area contributed by atoms with Gasteiger partial charge in [-0.15, -0.1) is 0 Å². The highest BCUT2D eigenvalue weighted by Crippen LogP contribution is 2.27. The first-order chi connectivity index (χ1) is 33.1. The zero-order valence-corrected chi connectivity index (χ0v) is 37.7. The predicted molar refractivity (Wildman–Crippen MR) is 227 cm³/mol. The first-order valence-corrected chi connectivity index (χ1v) is 21.2. The molecule has 398 valence electrons. The maximum absolute atomic E-state index is 14.1. The van der Waals surface area contributed by atoms with E-state index in [0.717, 1.165) is 16.9 Å². The summed E-state index contributed by atoms with van der Waals surface area (Å²) in [5.41, 5.74) is 9.12. The number of anilines is 2. The van der Waals surface area contributed by atoms with Crippen LogP contribution < -0.4 is 20.3 Å². The van der Waals surface area contributed by atoms with Gasteiger partial charge in [-0.3, -0.25) is 19.4 Å². The summed E-state index contributed by atoms with van der Waals surface area (Å²) in [4.78, 5) is 60.4. The molecule has 1 aromatic carbocycles. The molecule has 0 spiro atoms. The minimum atomic E-state index is -5.19. The Balaban J connectivity index is 0.000000829. The van der Waals surface area contributed by atoms with Crippen molar-refractivity contribution >= 4 is 58.1 Å². The summed E-state index contributed by atoms with van der Waals surface area (Å²) in [5.74, 6) is -5.09. The minimum Gasteiger partial charge on any atom is -0.542 e. The number of nitrogens with one attached hydrogen (secondary N) is 1. The first-order valence-electron chi connectivity index (χ1n) is 21.2. The summed E-state index contributed by atoms with van der Waals surface area (Å²) in [6.07, 6.45) is -22.5. The average molecular weight is 1030 g/mol. The van der Waals surface area contributed by atoms with Crippen LogP contribution in [0.5, 0.6) is 0 Å². The second-order valence-corrected chi connectivity index (χ2v) is 15.8. The number of halogens is 6. The van der Waals surface area contributed by atoms with Crippen LogP contribution in [0.1, 0.15) is 36.5 Å². The van der Waals surface area contributed by atoms with Crippen LogP contribution in [0, 0.1) is 0 Å². The maximum atomic E-state index is 14.1. The van der Waals surface area contributed by atoms with Crippen molar-refractivity contribution in [3.63, 3.8) is 0 Å². The van der Waals surface area contributed by atoms with Crippen molar-refractivity contribution < 1.29 is 111 Å². The molecule has 9 atom stereocenters. The number of carbonyl (C=O) groups is 4. The molecule has 25 nitrogen and oxygen atoms in total. The van der Waals surface area contributed by atoms with Gasteiger partial charge in [0.2, 0.25) is 6.41 Å². The summed E-state index contributed by atoms with van der Waals surface area (Å²) in [5, 5.41) is 117. The Morgan fingerprint density at radius 1 is 0.887 bits per heavy atom. The van der Waals surface area contributed by atoms with E-state index in [1.54, 1.807) is 29.3 Å². The van der Waals surface area contributed by atoms with Crippen molar-refractivity contribution in [2.45, 2.75) is 107 Å². The van der Waals surface area contributed by atoms with E-state index < -0.39 is 105 Å². The van der Waals surface area contributed by atoms with E-state index in [2.05, 4.69) is 15.0 Å². The van der Waals surface area contributed by atoms with Gasteiger partial charge in [-0.25, -0.2) is 23.9 Å². The van der Waals surface area contributed by atoms with E-state index in [1.807, 2.05) is 29.0 Å². The number of nitrogens with zero attached hydrogens (tertiary/aromatic N) is 7. The lowest BCUT2D eigenvalue weighted by Crippen LogP contribution is -2.55. The van der Waals surface area contributed by atoms with Gasteiger partial charge in [0.1, 0.15) is 54.7 Å². The lowest BCUT2D eigenvalue weighted by Gasteiger charge is -2.36. The van der Waals surface area contributed by atoms with Crippen LogP contribution in [0.25, 0.3) is 22.2 Å². The number of likely N-dealkylation sites (tertiary alicyclic amines) is 1. The van der Waals surface area contributed by atoms with Crippen LogP contribution in [-0.2, 0) is 34.0 Å². The van der Waals surface area contributed by atoms with Gasteiger partial charge < -0.3 is 81.7 Å². The number of carboxylic acid groups (broad SMARTS) is 2. The average Bonchev–Trinajstić information content (AvgIpc) is 4.08. The second kappa shape index (κ2) is 25.5. The Morgan fingerprint density at radius 3 is 1.86 bits per heavy atom. The number of benzene rings is 1. The Bertz CT molecular complexity index is 2360. The zero-order valence-electron chi connectivity index (χ0n) is 37.7. The number of amides is 2. The molecule has 14 N–H and O–H groups in total. The van der Waals surface area contributed by atoms with Crippen LogP contribution in [0.15, 0.2) is 30.5 Å². The molecule has 0 unspecified atom stereocenters. The monoisotopic (exact) mass is 1030 g/mol. The van der Waals surface area contributed by atoms with Gasteiger partial charge in [-0.1, -0.05) is 0 Å². The standard InChI is InChI=1S/C36H54N9O12.2C2HF3O2/c1-3-44-22-6-5-19(11-23(22)45(4-2)28(44)15-43(18-48)35-33(37)40-34-21(39-35)7-9-38-34)36(57)41-10-8-20(12-41)42(13-24(49)29(53)31(55)26(51)16-46)14-25(50)30(54)32(56)27(52)17-47;2*3-2(4,5)1(6)7/h5-7,9,11,18,20,24-27,29-32,46-47,49-56H,3-4,8,10,12-17H2,1-2H3,(H3,37,38,40);2*(H,6,7)/q+1;;/p-1/t20-,24-,25-,26+,27+,29+,30+,31+,32+;;/m0../s1. The van der Waals surface area contributed by atoms with Crippen molar-refractivity contribution in [1.82, 2.24) is 29.3 Å². The van der Waals surface area contributed by atoms with E-state index >= 15 is 0 Å². The fourth-order valence-electron chi connectivity index (χ4n) is 7.40. The number of hydrogen-bond acceptors (Lipinski definition) is 19. The molecule has 2 amide bonds. The molecular weight excluding hydrogens is 976 g/mol. The van der Waals surface area contributed by atoms with Crippen molar-refractivity contribution in [1.29, 1.82) is 0 Å². The number of aromatic nitrogens is 5. The second-order valence-electron chi connectivity index (χ2n) is 15.8. The first kappa shape index (κ1) is 59.4. The van der Waals surface area contributed by atoms with Gasteiger partial charge in [0.25, 0.3) is 11.7 Å². The summed E-state index contributed by atoms with van der Waals surface area (Å²) < 4.78 is 67.3. The number of rotatable bonds is 20. The number of nitrogen functional groups attached to an aromatic ring is 1. The van der Waals surface area contributed by atoms with E-state index in [-0.39, 0.29) is 37.2 Å². The van der Waals surface area contributed by atoms with Crippen molar-refractivity contribution in [2.75, 3.05) is 50.0 Å². The molecule has 71 heavy (non-hydrogen) atoms. The molecule has 1 saturated heterocycles. The molecular formula is C40H55F6N9O16. The molecule has 1 fully saturated rings. The molecule has 0 aliphatic carbocycles. The van der Waals surface area contributed by atoms with E-state index in [0.29, 0.717) is 42.6 Å². The zero-order chi connectivity index (χ0) is 53.9. The summed E-state index contributed by atoms with van der Waals surface area (Å²) in [6, 6.07) is 6.40. The van der Waals surface area contributed by atoms with Crippen LogP contribution in [0.2, 0.25) is 0 Å². The van der Waals surface area contributed by atoms with E-state index in [1.165, 1.54) is 9.80 Å². The number of carboxylic acids is 2. The number of carbonyl (C=O) groups excluding carboxylic acids is 3. The maximum Gasteiger partial charge on any atom is 0.490 e. The van der Waals surface area contributed by atoms with Crippen LogP contribution >= 0.6 is 0 Å². The fourth-order valence-corrected chi connectivity index (χ4v) is 7.40. The quantitative estimate of drug-likeness (QED) is 0.0225. The Morgan fingerprint density at radius 2 is 1.41 bits per heavy atom. The third kappa shape index (κ3) is 15.1. The molecule has 0 saturated carbocycles. The van der Waals surface area contributed by atoms with Crippen LogP contribution in [0.4, 0.5) is 38.0 Å². The molecule has 0 bridgehead atoms. The fraction of sp³-hybridized carbons (Fsp3) is 0.575. The number of aryl methyl sites for hydroxylation is 2. The number of aliphatic hydroxyl groups excluding tert-OH is 10. The summed E-state index contributed by atoms with van der Waals surface area (Å²) in [6.45, 7) is 2.60. The number of fused-ring (bicyclic) bond motifs is 2. The number of hydrogen-bond donors (Lipinski definition) is 13. The smallest absolute Gasteiger partial charge is 0.490 e. The van der Waals surface area contributed by atoms with Gasteiger partial charge >= 0.3 is 18.3 Å². The molecule has 1 aliphatic heterocycles. The Labute approximate surface area is 397 Å². The molecule has 31 heteroatoms. The largest absolute Gasteiger partial charge is 0.542 e. The SMILES string of the molecule is CCn1c(CN(C=O)c2nc3cc[nH]c3nc2N)[n+](CC)c2ccc(C(=O)N3CC[C@H](N(C[C@H](O)[C@@H](O)[C@H](O)[C@H](O)CO)C[C@H](O)[C@@H](O)[C@H](O)[C@H](O)CO)C3)cc21.O=C(O)C(F)(F)F.O=C([O-])C(F)(F)F. The third-order valence-electron chi connectivity index (χ3n) is 11.1. The normalized spacial score (nSPS) is 17.6. The highest BCUT2D eigenvalue weighted by atomic mass is 19.4. The summed E-state index contributed by atoms with van der Waals surface area (Å²) >= 11 is 0. The van der Waals surface area contributed by atoms with Crippen LogP contribution in [0.3, 0.4) is 0 Å². The van der Waals surface area contributed by atoms with E-state index in [9.17, 15) is 87.0 Å². The highest BCUT2D eigenvalue weighted by Gasteiger charge is 2.40. The van der Waals surface area contributed by atoms with Gasteiger partial charge in [0, 0.05) is 50.0 Å². The summed E-state index contributed by atoms with van der Waals surface area (Å²) in [7, 11) is 0. The van der Waals surface area contributed by atoms with Gasteiger partial charge in [0.05, 0.1) is 38.5 Å². The lowest BCUT2D eigenvalue weighted by molar-refractivity contribution is -0.676. The Hall–Kier alpha value is -5.87. The van der Waals surface area contributed by atoms with Gasteiger partial charge in [-0.2, -0.15) is 26.3 Å². The minimum absolute atomic E-state index is 0.0589. The molecule has 4 aromatic rings. The van der Waals surface area contributed by atoms with E-state index in [4.69, 9.17) is 25.5 Å². The Kier molecular flexibility index (Phi) is 21.3. The number of H-pyrrole nitrogens is 1. The molecule has 1 aliphatic rings. The van der Waals surface area contributed by atoms with Crippen molar-refractivity contribution in [3.8, 4) is 0 Å². The number of aliphatic carboxylic acids is 2. The topological polar surface area (TPSA) is 400 Å². The van der Waals surface area contributed by atoms with Gasteiger partial charge in [0.15, 0.2) is 28.3 Å². The number of nitrogens with two attached hydrogens (primary N) is 1. The highest BCUT2D eigenvalue weighted by molar-refractivity contribution is 5.97. The predicted octanol–water partition coefficient (Wildman–Crippen LogP) is -4.69. The number of imidazole rings is 1. The third-order valence-corrected chi connectivity index (χ3v) is 11.1.